The van der Waals surface area contributed by atoms with Gasteiger partial charge in [0.25, 0.3) is 0 Å². The lowest BCUT2D eigenvalue weighted by atomic mass is 9.86. The number of carboxylic acid groups (broad SMARTS) is 1. The molecule has 0 radical (unpaired) electrons. The van der Waals surface area contributed by atoms with E-state index in [0.717, 1.165) is 16.3 Å². The first-order valence-corrected chi connectivity index (χ1v) is 9.64. The van der Waals surface area contributed by atoms with Crippen molar-refractivity contribution in [2.24, 2.45) is 5.92 Å². The van der Waals surface area contributed by atoms with Gasteiger partial charge in [-0.05, 0) is 32.9 Å². The number of aliphatic carboxylic acids is 1. The van der Waals surface area contributed by atoms with Gasteiger partial charge in [-0.3, -0.25) is 0 Å². The van der Waals surface area contributed by atoms with Crippen LogP contribution in [0.4, 0.5) is 0 Å². The number of carbonyl (C=O) groups excluding carboxylic acids is 1. The number of thioether (sulfide) groups is 1. The fourth-order valence-corrected chi connectivity index (χ4v) is 4.15. The van der Waals surface area contributed by atoms with Gasteiger partial charge in [0, 0.05) is 34.5 Å². The Bertz CT molecular complexity index is 739. The molecule has 0 bridgehead atoms. The monoisotopic (exact) mass is 375 g/mol. The summed E-state index contributed by atoms with van der Waals surface area (Å²) in [5.74, 6) is -1.16. The van der Waals surface area contributed by atoms with E-state index in [1.165, 1.54) is 0 Å². The number of carbonyl (C=O) groups is 2. The molecule has 5 nitrogen and oxygen atoms in total. The summed E-state index contributed by atoms with van der Waals surface area (Å²) >= 11 is 1.70. The van der Waals surface area contributed by atoms with E-state index >= 15 is 0 Å². The first-order chi connectivity index (χ1) is 12.4. The molecule has 1 aliphatic rings. The van der Waals surface area contributed by atoms with Gasteiger partial charge in [0.2, 0.25) is 0 Å². The maximum Gasteiger partial charge on any atom is 0.336 e. The van der Waals surface area contributed by atoms with Crippen molar-refractivity contribution < 1.29 is 19.4 Å². The third-order valence-corrected chi connectivity index (χ3v) is 5.50. The molecule has 0 fully saturated rings. The van der Waals surface area contributed by atoms with E-state index in [1.807, 2.05) is 42.2 Å². The highest BCUT2D eigenvalue weighted by molar-refractivity contribution is 7.99. The molecule has 140 valence electrons. The molecule has 0 amide bonds. The molecule has 1 aliphatic heterocycles. The predicted molar refractivity (Wildman–Crippen MR) is 103 cm³/mol. The first kappa shape index (κ1) is 20.1. The molecule has 1 unspecified atom stereocenters. The van der Waals surface area contributed by atoms with Crippen molar-refractivity contribution in [3.63, 3.8) is 0 Å². The largest absolute Gasteiger partial charge is 0.478 e. The smallest absolute Gasteiger partial charge is 0.336 e. The number of hydrogen-bond donors (Lipinski definition) is 1. The van der Waals surface area contributed by atoms with Crippen LogP contribution in [0.15, 0.2) is 57.8 Å². The minimum Gasteiger partial charge on any atom is -0.478 e. The number of esters is 1. The van der Waals surface area contributed by atoms with Crippen molar-refractivity contribution in [1.82, 2.24) is 4.90 Å². The number of hydrogen-bond acceptors (Lipinski definition) is 5. The summed E-state index contributed by atoms with van der Waals surface area (Å²) < 4.78 is 5.16. The number of benzene rings is 1. The van der Waals surface area contributed by atoms with Gasteiger partial charge in [0.05, 0.1) is 17.8 Å². The maximum atomic E-state index is 12.4. The first-order valence-electron chi connectivity index (χ1n) is 8.65. The number of nitrogens with zero attached hydrogens (tertiary/aromatic N) is 1. The molecular weight excluding hydrogens is 350 g/mol. The third-order valence-electron chi connectivity index (χ3n) is 4.51. The van der Waals surface area contributed by atoms with Gasteiger partial charge in [-0.1, -0.05) is 25.1 Å². The molecule has 6 heteroatoms. The number of ether oxygens (including phenoxy) is 1. The lowest BCUT2D eigenvalue weighted by Crippen LogP contribution is -2.35. The Kier molecular flexibility index (Phi) is 6.91. The number of rotatable bonds is 7. The topological polar surface area (TPSA) is 66.8 Å². The van der Waals surface area contributed by atoms with E-state index in [-0.39, 0.29) is 12.2 Å². The standard InChI is InChI=1S/C20H25NO4S/c1-5-25-20(24)18-13(2)17(19(22)23)14(3)21(15(18)4)11-12-26-16-9-7-6-8-10-16/h6-10,13H,5,11-12H2,1-4H3,(H,22,23). The average Bonchev–Trinajstić information content (AvgIpc) is 2.58. The van der Waals surface area contributed by atoms with Crippen LogP contribution in [0.2, 0.25) is 0 Å². The molecule has 0 aliphatic carbocycles. The van der Waals surface area contributed by atoms with Crippen molar-refractivity contribution in [3.05, 3.63) is 52.9 Å². The molecule has 1 atom stereocenters. The minimum atomic E-state index is -0.995. The van der Waals surface area contributed by atoms with Crippen molar-refractivity contribution in [2.75, 3.05) is 18.9 Å². The zero-order valence-corrected chi connectivity index (χ0v) is 16.4. The van der Waals surface area contributed by atoms with Crippen molar-refractivity contribution >= 4 is 23.7 Å². The van der Waals surface area contributed by atoms with Crippen LogP contribution in [0.25, 0.3) is 0 Å². The van der Waals surface area contributed by atoms with E-state index < -0.39 is 17.9 Å². The van der Waals surface area contributed by atoms with E-state index in [1.54, 1.807) is 32.5 Å². The summed E-state index contributed by atoms with van der Waals surface area (Å²) in [5, 5.41) is 9.65. The third kappa shape index (κ3) is 4.30. The summed E-state index contributed by atoms with van der Waals surface area (Å²) in [6.45, 7) is 8.03. The summed E-state index contributed by atoms with van der Waals surface area (Å²) in [4.78, 5) is 27.3. The molecule has 1 heterocycles. The van der Waals surface area contributed by atoms with Gasteiger partial charge in [0.1, 0.15) is 0 Å². The van der Waals surface area contributed by atoms with E-state index in [4.69, 9.17) is 4.74 Å². The lowest BCUT2D eigenvalue weighted by molar-refractivity contribution is -0.139. The van der Waals surface area contributed by atoms with Crippen LogP contribution < -0.4 is 0 Å². The van der Waals surface area contributed by atoms with E-state index in [2.05, 4.69) is 0 Å². The molecule has 0 saturated carbocycles. The van der Waals surface area contributed by atoms with Gasteiger partial charge in [0.15, 0.2) is 0 Å². The van der Waals surface area contributed by atoms with Crippen LogP contribution in [0.5, 0.6) is 0 Å². The Morgan fingerprint density at radius 3 is 2.35 bits per heavy atom. The van der Waals surface area contributed by atoms with Crippen LogP contribution in [-0.2, 0) is 14.3 Å². The second kappa shape index (κ2) is 8.94. The van der Waals surface area contributed by atoms with Crippen LogP contribution in [0.3, 0.4) is 0 Å². The Labute approximate surface area is 158 Å². The molecule has 1 aromatic rings. The predicted octanol–water partition coefficient (Wildman–Crippen LogP) is 3.93. The van der Waals surface area contributed by atoms with Gasteiger partial charge < -0.3 is 14.7 Å². The summed E-state index contributed by atoms with van der Waals surface area (Å²) in [6, 6.07) is 10.0. The van der Waals surface area contributed by atoms with Gasteiger partial charge >= 0.3 is 11.9 Å². The SMILES string of the molecule is CCOC(=O)C1=C(C)N(CCSc2ccccc2)C(C)=C(C(=O)O)C1C. The van der Waals surface area contributed by atoms with Crippen LogP contribution in [0, 0.1) is 5.92 Å². The summed E-state index contributed by atoms with van der Waals surface area (Å²) in [5.41, 5.74) is 2.14. The zero-order valence-electron chi connectivity index (χ0n) is 15.6. The maximum absolute atomic E-state index is 12.4. The van der Waals surface area contributed by atoms with Gasteiger partial charge in [-0.2, -0.15) is 0 Å². The highest BCUT2D eigenvalue weighted by Crippen LogP contribution is 2.36. The minimum absolute atomic E-state index is 0.253. The molecule has 1 aromatic carbocycles. The second-order valence-electron chi connectivity index (χ2n) is 6.06. The van der Waals surface area contributed by atoms with Gasteiger partial charge in [-0.15, -0.1) is 11.8 Å². The Balaban J connectivity index is 2.27. The molecule has 0 spiro atoms. The van der Waals surface area contributed by atoms with Crippen molar-refractivity contribution in [1.29, 1.82) is 0 Å². The van der Waals surface area contributed by atoms with Crippen LogP contribution in [0.1, 0.15) is 27.7 Å². The van der Waals surface area contributed by atoms with Gasteiger partial charge in [-0.25, -0.2) is 9.59 Å². The summed E-state index contributed by atoms with van der Waals surface area (Å²) in [7, 11) is 0. The Morgan fingerprint density at radius 1 is 1.15 bits per heavy atom. The molecule has 1 N–H and O–H groups in total. The average molecular weight is 375 g/mol. The quantitative estimate of drug-likeness (QED) is 0.575. The number of allylic oxidation sites excluding steroid dienone is 2. The van der Waals surface area contributed by atoms with E-state index in [0.29, 0.717) is 17.8 Å². The molecular formula is C20H25NO4S. The molecule has 26 heavy (non-hydrogen) atoms. The van der Waals surface area contributed by atoms with Crippen LogP contribution >= 0.6 is 11.8 Å². The molecule has 2 rings (SSSR count). The highest BCUT2D eigenvalue weighted by atomic mass is 32.2. The van der Waals surface area contributed by atoms with Crippen LogP contribution in [-0.4, -0.2) is 40.8 Å². The van der Waals surface area contributed by atoms with E-state index in [9.17, 15) is 14.7 Å². The molecule has 0 aromatic heterocycles. The highest BCUT2D eigenvalue weighted by Gasteiger charge is 2.36. The Hall–Kier alpha value is -2.21. The Morgan fingerprint density at radius 2 is 1.77 bits per heavy atom. The zero-order chi connectivity index (χ0) is 19.3. The summed E-state index contributed by atoms with van der Waals surface area (Å²) in [6.07, 6.45) is 0. The molecule has 0 saturated heterocycles. The lowest BCUT2D eigenvalue weighted by Gasteiger charge is -2.36. The fourth-order valence-electron chi connectivity index (χ4n) is 3.29. The second-order valence-corrected chi connectivity index (χ2v) is 7.23. The van der Waals surface area contributed by atoms with Crippen molar-refractivity contribution in [2.45, 2.75) is 32.6 Å². The van der Waals surface area contributed by atoms with Crippen molar-refractivity contribution in [3.8, 4) is 0 Å². The number of carboxylic acids is 1. The normalized spacial score (nSPS) is 17.5. The fraction of sp³-hybridized carbons (Fsp3) is 0.400.